The maximum absolute atomic E-state index is 12.3. The van der Waals surface area contributed by atoms with Crippen LogP contribution in [0.4, 0.5) is 0 Å². The van der Waals surface area contributed by atoms with Crippen LogP contribution in [0.1, 0.15) is 35.9 Å². The number of hydrogen-bond donors (Lipinski definition) is 1. The number of nitrogens with two attached hydrogens (primary N) is 1. The first kappa shape index (κ1) is 19.9. The molecular weight excluding hydrogens is 332 g/mol. The van der Waals surface area contributed by atoms with Crippen molar-refractivity contribution in [1.29, 1.82) is 0 Å². The van der Waals surface area contributed by atoms with E-state index in [0.717, 1.165) is 0 Å². The van der Waals surface area contributed by atoms with Gasteiger partial charge in [-0.2, -0.15) is 4.98 Å². The van der Waals surface area contributed by atoms with Gasteiger partial charge in [0.25, 0.3) is 5.91 Å². The van der Waals surface area contributed by atoms with Crippen molar-refractivity contribution in [3.63, 3.8) is 0 Å². The molecule has 8 heteroatoms. The lowest BCUT2D eigenvalue weighted by atomic mass is 10.1. The molecule has 0 saturated heterocycles. The van der Waals surface area contributed by atoms with Crippen molar-refractivity contribution < 1.29 is 14.1 Å². The monoisotopic (exact) mass is 354 g/mol. The number of amides is 1. The van der Waals surface area contributed by atoms with Gasteiger partial charge in [-0.05, 0) is 31.2 Å². The number of ether oxygens (including phenoxy) is 1. The molecule has 0 spiro atoms. The number of aryl methyl sites for hydroxylation is 1. The van der Waals surface area contributed by atoms with E-state index >= 15 is 0 Å². The molecule has 1 aromatic carbocycles. The Morgan fingerprint density at radius 1 is 1.38 bits per heavy atom. The summed E-state index contributed by atoms with van der Waals surface area (Å²) in [7, 11) is 1.74. The second kappa shape index (κ2) is 9.24. The fourth-order valence-electron chi connectivity index (χ4n) is 1.90. The number of carbonyl (C=O) groups is 1. The summed E-state index contributed by atoms with van der Waals surface area (Å²) in [5, 5.41) is 3.82. The molecule has 1 aromatic heterocycles. The second-order valence-corrected chi connectivity index (χ2v) is 5.27. The molecule has 2 aromatic rings. The van der Waals surface area contributed by atoms with Gasteiger partial charge in [0.15, 0.2) is 6.61 Å². The van der Waals surface area contributed by atoms with Crippen molar-refractivity contribution in [3.05, 3.63) is 41.5 Å². The van der Waals surface area contributed by atoms with Gasteiger partial charge < -0.3 is 19.9 Å². The molecule has 0 radical (unpaired) electrons. The highest BCUT2D eigenvalue weighted by molar-refractivity contribution is 5.94. The summed E-state index contributed by atoms with van der Waals surface area (Å²) in [5.74, 6) is 1.65. The fraction of sp³-hybridized carbons (Fsp3) is 0.438. The van der Waals surface area contributed by atoms with Crippen LogP contribution in [-0.4, -0.2) is 40.6 Å². The predicted octanol–water partition coefficient (Wildman–Crippen LogP) is 2.05. The average Bonchev–Trinajstić information content (AvgIpc) is 3.06. The summed E-state index contributed by atoms with van der Waals surface area (Å²) in [6.07, 6.45) is 0.693. The van der Waals surface area contributed by atoms with Crippen LogP contribution in [0.3, 0.4) is 0 Å². The van der Waals surface area contributed by atoms with Crippen LogP contribution in [0.25, 0.3) is 0 Å². The second-order valence-electron chi connectivity index (χ2n) is 5.27. The summed E-state index contributed by atoms with van der Waals surface area (Å²) < 4.78 is 10.6. The maximum Gasteiger partial charge on any atom is 0.253 e. The molecule has 0 saturated carbocycles. The van der Waals surface area contributed by atoms with E-state index in [9.17, 15) is 4.79 Å². The molecule has 1 amide bonds. The first-order chi connectivity index (χ1) is 11.0. The van der Waals surface area contributed by atoms with Crippen LogP contribution in [0.2, 0.25) is 0 Å². The van der Waals surface area contributed by atoms with Gasteiger partial charge in [0, 0.05) is 31.6 Å². The molecule has 0 fully saturated rings. The Morgan fingerprint density at radius 3 is 2.58 bits per heavy atom. The Labute approximate surface area is 147 Å². The molecule has 2 N–H and O–H groups in total. The number of hydrogen-bond acceptors (Lipinski definition) is 6. The lowest BCUT2D eigenvalue weighted by molar-refractivity contribution is 0.0748. The fourth-order valence-corrected chi connectivity index (χ4v) is 1.90. The molecular formula is C16H23ClN4O3. The van der Waals surface area contributed by atoms with E-state index in [1.54, 1.807) is 36.2 Å². The van der Waals surface area contributed by atoms with Crippen LogP contribution in [0.5, 0.6) is 5.75 Å². The van der Waals surface area contributed by atoms with Crippen LogP contribution < -0.4 is 10.5 Å². The zero-order chi connectivity index (χ0) is 16.8. The van der Waals surface area contributed by atoms with Crippen LogP contribution in [-0.2, 0) is 13.0 Å². The third-order valence-corrected chi connectivity index (χ3v) is 3.60. The van der Waals surface area contributed by atoms with Gasteiger partial charge in [-0.25, -0.2) is 0 Å². The normalized spacial score (nSPS) is 11.5. The Balaban J connectivity index is 0.00000288. The van der Waals surface area contributed by atoms with Crippen LogP contribution >= 0.6 is 12.4 Å². The van der Waals surface area contributed by atoms with E-state index in [-0.39, 0.29) is 31.0 Å². The number of benzene rings is 1. The minimum Gasteiger partial charge on any atom is -0.485 e. The number of nitrogens with zero attached hydrogens (tertiary/aromatic N) is 3. The van der Waals surface area contributed by atoms with Crippen molar-refractivity contribution in [2.45, 2.75) is 32.9 Å². The number of aromatic nitrogens is 2. The smallest absolute Gasteiger partial charge is 0.253 e. The van der Waals surface area contributed by atoms with Crippen molar-refractivity contribution in [2.75, 3.05) is 13.6 Å². The zero-order valence-corrected chi connectivity index (χ0v) is 14.9. The number of rotatable bonds is 7. The van der Waals surface area contributed by atoms with Gasteiger partial charge in [0.1, 0.15) is 5.75 Å². The topological polar surface area (TPSA) is 94.5 Å². The molecule has 1 atom stereocenters. The standard InChI is InChI=1S/C16H22N4O3.ClH/c1-4-15-18-14(19-23-15)10-22-13-7-5-12(6-8-13)16(21)20(3)11(2)9-17;/h5-8,11H,4,9-10,17H2,1-3H3;1H. The highest BCUT2D eigenvalue weighted by Crippen LogP contribution is 2.15. The molecule has 2 rings (SSSR count). The number of likely N-dealkylation sites (N-methyl/N-ethyl adjacent to an activating group) is 1. The van der Waals surface area contributed by atoms with Gasteiger partial charge in [-0.3, -0.25) is 4.79 Å². The van der Waals surface area contributed by atoms with Crippen LogP contribution in [0, 0.1) is 0 Å². The number of carbonyl (C=O) groups excluding carboxylic acids is 1. The molecule has 1 unspecified atom stereocenters. The minimum absolute atomic E-state index is 0. The Bertz CT molecular complexity index is 645. The first-order valence-corrected chi connectivity index (χ1v) is 7.56. The van der Waals surface area contributed by atoms with E-state index in [1.165, 1.54) is 0 Å². The molecule has 0 aliphatic rings. The molecule has 0 bridgehead atoms. The quantitative estimate of drug-likeness (QED) is 0.817. The van der Waals surface area contributed by atoms with Crippen molar-refractivity contribution >= 4 is 18.3 Å². The molecule has 132 valence electrons. The minimum atomic E-state index is -0.0692. The summed E-state index contributed by atoms with van der Waals surface area (Å²) in [6.45, 7) is 4.50. The molecule has 1 heterocycles. The Morgan fingerprint density at radius 2 is 2.04 bits per heavy atom. The van der Waals surface area contributed by atoms with E-state index in [4.69, 9.17) is 15.0 Å². The van der Waals surface area contributed by atoms with E-state index in [0.29, 0.717) is 36.0 Å². The SMILES string of the molecule is CCc1nc(COc2ccc(C(=O)N(C)C(C)CN)cc2)no1.Cl. The van der Waals surface area contributed by atoms with Crippen molar-refractivity contribution in [1.82, 2.24) is 15.0 Å². The lowest BCUT2D eigenvalue weighted by Crippen LogP contribution is -2.39. The predicted molar refractivity (Wildman–Crippen MR) is 92.3 cm³/mol. The zero-order valence-electron chi connectivity index (χ0n) is 14.1. The third kappa shape index (κ3) is 4.94. The molecule has 0 aliphatic carbocycles. The van der Waals surface area contributed by atoms with Gasteiger partial charge in [0.2, 0.25) is 11.7 Å². The highest BCUT2D eigenvalue weighted by Gasteiger charge is 2.16. The Hall–Kier alpha value is -2.12. The van der Waals surface area contributed by atoms with Gasteiger partial charge in [-0.15, -0.1) is 12.4 Å². The number of halogens is 1. The lowest BCUT2D eigenvalue weighted by Gasteiger charge is -2.23. The maximum atomic E-state index is 12.3. The molecule has 7 nitrogen and oxygen atoms in total. The first-order valence-electron chi connectivity index (χ1n) is 7.56. The largest absolute Gasteiger partial charge is 0.485 e. The van der Waals surface area contributed by atoms with Crippen molar-refractivity contribution in [3.8, 4) is 5.75 Å². The average molecular weight is 355 g/mol. The summed E-state index contributed by atoms with van der Waals surface area (Å²) in [4.78, 5) is 18.1. The summed E-state index contributed by atoms with van der Waals surface area (Å²) in [5.41, 5.74) is 6.18. The molecule has 24 heavy (non-hydrogen) atoms. The summed E-state index contributed by atoms with van der Waals surface area (Å²) >= 11 is 0. The highest BCUT2D eigenvalue weighted by atomic mass is 35.5. The summed E-state index contributed by atoms with van der Waals surface area (Å²) in [6, 6.07) is 6.93. The third-order valence-electron chi connectivity index (χ3n) is 3.60. The van der Waals surface area contributed by atoms with Gasteiger partial charge >= 0.3 is 0 Å². The van der Waals surface area contributed by atoms with E-state index in [2.05, 4.69) is 10.1 Å². The van der Waals surface area contributed by atoms with Crippen molar-refractivity contribution in [2.24, 2.45) is 5.73 Å². The van der Waals surface area contributed by atoms with Crippen LogP contribution in [0.15, 0.2) is 28.8 Å². The van der Waals surface area contributed by atoms with E-state index < -0.39 is 0 Å². The Kier molecular flexibility index (Phi) is 7.67. The van der Waals surface area contributed by atoms with Gasteiger partial charge in [0.05, 0.1) is 0 Å². The molecule has 0 aliphatic heterocycles. The van der Waals surface area contributed by atoms with Gasteiger partial charge in [-0.1, -0.05) is 12.1 Å². The van der Waals surface area contributed by atoms with E-state index in [1.807, 2.05) is 13.8 Å².